The summed E-state index contributed by atoms with van der Waals surface area (Å²) in [7, 11) is 0. The molecular formula is C19H21ClN4O2. The number of halogens is 1. The molecule has 1 aromatic carbocycles. The van der Waals surface area contributed by atoms with Crippen molar-refractivity contribution in [2.45, 2.75) is 31.7 Å². The molecular weight excluding hydrogens is 352 g/mol. The molecule has 1 aliphatic heterocycles. The van der Waals surface area contributed by atoms with Gasteiger partial charge in [0.25, 0.3) is 0 Å². The van der Waals surface area contributed by atoms with Gasteiger partial charge in [0.2, 0.25) is 11.8 Å². The van der Waals surface area contributed by atoms with Gasteiger partial charge in [0.15, 0.2) is 0 Å². The van der Waals surface area contributed by atoms with Crippen LogP contribution >= 0.6 is 11.6 Å². The normalized spacial score (nSPS) is 16.7. The minimum absolute atomic E-state index is 0.0647. The average molecular weight is 373 g/mol. The van der Waals surface area contributed by atoms with Crippen LogP contribution in [-0.2, 0) is 22.4 Å². The molecule has 2 heterocycles. The van der Waals surface area contributed by atoms with Gasteiger partial charge in [-0.1, -0.05) is 23.7 Å². The number of carbonyl (C=O) groups is 2. The minimum Gasteiger partial charge on any atom is -0.351 e. The molecule has 136 valence electrons. The van der Waals surface area contributed by atoms with Crippen molar-refractivity contribution in [1.82, 2.24) is 20.2 Å². The van der Waals surface area contributed by atoms with Gasteiger partial charge < -0.3 is 10.2 Å². The fraction of sp³-hybridized carbons (Fsp3) is 0.368. The second-order valence-electron chi connectivity index (χ2n) is 6.38. The highest BCUT2D eigenvalue weighted by Crippen LogP contribution is 2.15. The second-order valence-corrected chi connectivity index (χ2v) is 6.82. The number of hydrogen-bond acceptors (Lipinski definition) is 4. The van der Waals surface area contributed by atoms with E-state index in [4.69, 9.17) is 11.6 Å². The molecule has 2 amide bonds. The monoisotopic (exact) mass is 372 g/mol. The quantitative estimate of drug-likeness (QED) is 0.806. The van der Waals surface area contributed by atoms with Gasteiger partial charge in [-0.2, -0.15) is 0 Å². The van der Waals surface area contributed by atoms with Crippen LogP contribution in [0.1, 0.15) is 24.1 Å². The highest BCUT2D eigenvalue weighted by Gasteiger charge is 2.30. The first-order valence-electron chi connectivity index (χ1n) is 8.66. The Kier molecular flexibility index (Phi) is 6.17. The molecule has 0 aliphatic carbocycles. The van der Waals surface area contributed by atoms with Gasteiger partial charge in [-0.25, -0.2) is 0 Å². The molecule has 1 atom stereocenters. The molecule has 26 heavy (non-hydrogen) atoms. The van der Waals surface area contributed by atoms with Crippen molar-refractivity contribution < 1.29 is 9.59 Å². The Hall–Kier alpha value is -2.47. The molecule has 0 radical (unpaired) electrons. The lowest BCUT2D eigenvalue weighted by molar-refractivity contribution is -0.127. The zero-order valence-electron chi connectivity index (χ0n) is 14.4. The summed E-state index contributed by atoms with van der Waals surface area (Å²) in [5, 5.41) is 3.64. The second kappa shape index (κ2) is 8.76. The van der Waals surface area contributed by atoms with E-state index in [9.17, 15) is 9.59 Å². The first-order chi connectivity index (χ1) is 12.6. The van der Waals surface area contributed by atoms with Crippen molar-refractivity contribution in [1.29, 1.82) is 0 Å². The van der Waals surface area contributed by atoms with E-state index in [0.717, 1.165) is 17.7 Å². The fourth-order valence-electron chi connectivity index (χ4n) is 3.04. The third-order valence-electron chi connectivity index (χ3n) is 4.36. The predicted octanol–water partition coefficient (Wildman–Crippen LogP) is 2.02. The topological polar surface area (TPSA) is 75.2 Å². The summed E-state index contributed by atoms with van der Waals surface area (Å²) in [6.45, 7) is 1.18. The van der Waals surface area contributed by atoms with Crippen LogP contribution in [0, 0.1) is 0 Å². The van der Waals surface area contributed by atoms with Crippen molar-refractivity contribution in [3.8, 4) is 0 Å². The van der Waals surface area contributed by atoms with Gasteiger partial charge in [-0.05, 0) is 30.5 Å². The smallest absolute Gasteiger partial charge is 0.224 e. The third kappa shape index (κ3) is 5.26. The van der Waals surface area contributed by atoms with Crippen LogP contribution in [0.5, 0.6) is 0 Å². The minimum atomic E-state index is -0.129. The van der Waals surface area contributed by atoms with Crippen LogP contribution in [0.15, 0.2) is 42.9 Å². The zero-order valence-corrected chi connectivity index (χ0v) is 15.2. The van der Waals surface area contributed by atoms with Gasteiger partial charge in [0.1, 0.15) is 0 Å². The first-order valence-corrected chi connectivity index (χ1v) is 9.04. The van der Waals surface area contributed by atoms with Gasteiger partial charge in [0.05, 0.1) is 11.7 Å². The molecule has 0 bridgehead atoms. The van der Waals surface area contributed by atoms with Crippen molar-refractivity contribution in [3.05, 3.63) is 59.1 Å². The molecule has 0 saturated carbocycles. The summed E-state index contributed by atoms with van der Waals surface area (Å²) in [4.78, 5) is 34.2. The summed E-state index contributed by atoms with van der Waals surface area (Å²) >= 11 is 5.99. The van der Waals surface area contributed by atoms with E-state index in [2.05, 4.69) is 15.3 Å². The van der Waals surface area contributed by atoms with Crippen LogP contribution in [0.3, 0.4) is 0 Å². The fourth-order valence-corrected chi connectivity index (χ4v) is 3.25. The SMILES string of the molecule is O=C(CCc1cnccn1)NC1CC(=O)N(CCc2cccc(Cl)c2)C1. The number of aromatic nitrogens is 2. The number of nitrogens with zero attached hydrogens (tertiary/aromatic N) is 3. The Labute approximate surface area is 157 Å². The summed E-state index contributed by atoms with van der Waals surface area (Å²) < 4.78 is 0. The maximum Gasteiger partial charge on any atom is 0.224 e. The van der Waals surface area contributed by atoms with Gasteiger partial charge in [0, 0.05) is 49.5 Å². The molecule has 1 N–H and O–H groups in total. The molecule has 7 heteroatoms. The molecule has 0 spiro atoms. The number of hydrogen-bond donors (Lipinski definition) is 1. The molecule has 1 unspecified atom stereocenters. The van der Waals surface area contributed by atoms with E-state index >= 15 is 0 Å². The number of aryl methyl sites for hydroxylation is 1. The van der Waals surface area contributed by atoms with Crippen molar-refractivity contribution in [2.24, 2.45) is 0 Å². The lowest BCUT2D eigenvalue weighted by Crippen LogP contribution is -2.37. The summed E-state index contributed by atoms with van der Waals surface area (Å²) in [6, 6.07) is 7.52. The Morgan fingerprint density at radius 1 is 1.31 bits per heavy atom. The lowest BCUT2D eigenvalue weighted by Gasteiger charge is -2.17. The molecule has 3 rings (SSSR count). The van der Waals surface area contributed by atoms with E-state index in [1.165, 1.54) is 0 Å². The van der Waals surface area contributed by atoms with Crippen LogP contribution in [0.25, 0.3) is 0 Å². The summed E-state index contributed by atoms with van der Waals surface area (Å²) in [5.74, 6) is 0.0106. The molecule has 1 aliphatic rings. The summed E-state index contributed by atoms with van der Waals surface area (Å²) in [6.07, 6.45) is 6.85. The molecule has 1 saturated heterocycles. The van der Waals surface area contributed by atoms with Crippen LogP contribution in [-0.4, -0.2) is 45.8 Å². The molecule has 6 nitrogen and oxygen atoms in total. The number of rotatable bonds is 7. The predicted molar refractivity (Wildman–Crippen MR) is 98.6 cm³/mol. The van der Waals surface area contributed by atoms with Crippen LogP contribution in [0.2, 0.25) is 5.02 Å². The van der Waals surface area contributed by atoms with Crippen LogP contribution < -0.4 is 5.32 Å². The number of amides is 2. The van der Waals surface area contributed by atoms with Crippen LogP contribution in [0.4, 0.5) is 0 Å². The molecule has 1 aromatic heterocycles. The van der Waals surface area contributed by atoms with Crippen molar-refractivity contribution >= 4 is 23.4 Å². The molecule has 2 aromatic rings. The van der Waals surface area contributed by atoms with E-state index in [1.54, 1.807) is 23.5 Å². The highest BCUT2D eigenvalue weighted by atomic mass is 35.5. The van der Waals surface area contributed by atoms with Gasteiger partial charge in [-0.15, -0.1) is 0 Å². The Bertz CT molecular complexity index is 769. The molecule has 1 fully saturated rings. The maximum atomic E-state index is 12.2. The standard InChI is InChI=1S/C19H21ClN4O2/c20-15-3-1-2-14(10-15)6-9-24-13-17(11-19(24)26)23-18(25)5-4-16-12-21-7-8-22-16/h1-3,7-8,10,12,17H,4-6,9,11,13H2,(H,23,25). The number of likely N-dealkylation sites (tertiary alicyclic amines) is 1. The van der Waals surface area contributed by atoms with E-state index in [0.29, 0.717) is 37.4 Å². The number of carbonyl (C=O) groups excluding carboxylic acids is 2. The summed E-state index contributed by atoms with van der Waals surface area (Å²) in [5.41, 5.74) is 1.88. The largest absolute Gasteiger partial charge is 0.351 e. The number of nitrogens with one attached hydrogen (secondary N) is 1. The zero-order chi connectivity index (χ0) is 18.4. The average Bonchev–Trinajstić information content (AvgIpc) is 2.98. The Balaban J connectivity index is 1.43. The third-order valence-corrected chi connectivity index (χ3v) is 4.60. The number of benzene rings is 1. The van der Waals surface area contributed by atoms with E-state index < -0.39 is 0 Å². The maximum absolute atomic E-state index is 12.2. The Morgan fingerprint density at radius 2 is 2.19 bits per heavy atom. The van der Waals surface area contributed by atoms with E-state index in [-0.39, 0.29) is 17.9 Å². The Morgan fingerprint density at radius 3 is 2.96 bits per heavy atom. The van der Waals surface area contributed by atoms with Crippen molar-refractivity contribution in [2.75, 3.05) is 13.1 Å². The van der Waals surface area contributed by atoms with Gasteiger partial charge >= 0.3 is 0 Å². The van der Waals surface area contributed by atoms with E-state index in [1.807, 2.05) is 24.3 Å². The van der Waals surface area contributed by atoms with Gasteiger partial charge in [-0.3, -0.25) is 19.6 Å². The first kappa shape index (κ1) is 18.3. The highest BCUT2D eigenvalue weighted by molar-refractivity contribution is 6.30. The lowest BCUT2D eigenvalue weighted by atomic mass is 10.1. The van der Waals surface area contributed by atoms with Crippen molar-refractivity contribution in [3.63, 3.8) is 0 Å².